The summed E-state index contributed by atoms with van der Waals surface area (Å²) < 4.78 is 13.4. The van der Waals surface area contributed by atoms with Crippen LogP contribution < -0.4 is 5.73 Å². The van der Waals surface area contributed by atoms with E-state index in [2.05, 4.69) is 13.8 Å². The van der Waals surface area contributed by atoms with Gasteiger partial charge in [-0.15, -0.1) is 0 Å². The van der Waals surface area contributed by atoms with Crippen LogP contribution in [0.2, 0.25) is 0 Å². The molecule has 100 valence electrons. The molecule has 0 saturated heterocycles. The van der Waals surface area contributed by atoms with Gasteiger partial charge in [-0.05, 0) is 43.4 Å². The van der Waals surface area contributed by atoms with Crippen LogP contribution in [0.3, 0.4) is 0 Å². The SMILES string of the molecule is CC(C)C(CCN)CCC(=O)c1ccccc1F. The predicted molar refractivity (Wildman–Crippen MR) is 72.0 cm³/mol. The minimum atomic E-state index is -0.428. The fraction of sp³-hybridized carbons (Fsp3) is 0.533. The van der Waals surface area contributed by atoms with Crippen molar-refractivity contribution in [1.29, 1.82) is 0 Å². The lowest BCUT2D eigenvalue weighted by Crippen LogP contribution is -2.16. The second kappa shape index (κ2) is 7.27. The molecule has 0 spiro atoms. The quantitative estimate of drug-likeness (QED) is 0.755. The zero-order chi connectivity index (χ0) is 13.5. The molecule has 0 bridgehead atoms. The van der Waals surface area contributed by atoms with Crippen LogP contribution in [0.5, 0.6) is 0 Å². The van der Waals surface area contributed by atoms with Crippen molar-refractivity contribution >= 4 is 5.78 Å². The Balaban J connectivity index is 2.58. The number of carbonyl (C=O) groups excluding carboxylic acids is 1. The Morgan fingerprint density at radius 1 is 1.28 bits per heavy atom. The maximum absolute atomic E-state index is 13.4. The van der Waals surface area contributed by atoms with Gasteiger partial charge in [0.25, 0.3) is 0 Å². The summed E-state index contributed by atoms with van der Waals surface area (Å²) in [6, 6.07) is 6.16. The minimum absolute atomic E-state index is 0.115. The first-order valence-corrected chi connectivity index (χ1v) is 6.54. The summed E-state index contributed by atoms with van der Waals surface area (Å²) in [5.74, 6) is 0.394. The van der Waals surface area contributed by atoms with Crippen LogP contribution in [0.15, 0.2) is 24.3 Å². The van der Waals surface area contributed by atoms with E-state index in [0.717, 1.165) is 12.8 Å². The molecular weight excluding hydrogens is 229 g/mol. The molecule has 0 fully saturated rings. The summed E-state index contributed by atoms with van der Waals surface area (Å²) in [5, 5.41) is 0. The van der Waals surface area contributed by atoms with Crippen molar-refractivity contribution in [3.05, 3.63) is 35.6 Å². The number of benzene rings is 1. The molecule has 0 aliphatic rings. The summed E-state index contributed by atoms with van der Waals surface area (Å²) >= 11 is 0. The summed E-state index contributed by atoms with van der Waals surface area (Å²) in [7, 11) is 0. The maximum Gasteiger partial charge on any atom is 0.165 e. The Bertz CT molecular complexity index is 390. The van der Waals surface area contributed by atoms with Gasteiger partial charge in [-0.2, -0.15) is 0 Å². The summed E-state index contributed by atoms with van der Waals surface area (Å²) in [4.78, 5) is 11.9. The Kier molecular flexibility index (Phi) is 5.99. The van der Waals surface area contributed by atoms with Crippen LogP contribution in [0, 0.1) is 17.7 Å². The molecular formula is C15H22FNO. The molecule has 2 nitrogen and oxygen atoms in total. The maximum atomic E-state index is 13.4. The van der Waals surface area contributed by atoms with Crippen molar-refractivity contribution in [2.24, 2.45) is 17.6 Å². The standard InChI is InChI=1S/C15H22FNO/c1-11(2)12(9-10-17)7-8-15(18)13-5-3-4-6-14(13)16/h3-6,11-12H,7-10,17H2,1-2H3. The molecule has 0 heterocycles. The van der Waals surface area contributed by atoms with Crippen molar-refractivity contribution in [2.45, 2.75) is 33.1 Å². The first kappa shape index (κ1) is 14.8. The number of ketones is 1. The number of Topliss-reactive ketones (excluding diaryl/α,β-unsaturated/α-hetero) is 1. The van der Waals surface area contributed by atoms with Gasteiger partial charge < -0.3 is 5.73 Å². The van der Waals surface area contributed by atoms with E-state index in [4.69, 9.17) is 5.73 Å². The molecule has 1 atom stereocenters. The Morgan fingerprint density at radius 3 is 2.50 bits per heavy atom. The number of carbonyl (C=O) groups is 1. The van der Waals surface area contributed by atoms with Gasteiger partial charge in [0, 0.05) is 6.42 Å². The lowest BCUT2D eigenvalue weighted by Gasteiger charge is -2.19. The second-order valence-corrected chi connectivity index (χ2v) is 5.02. The molecule has 18 heavy (non-hydrogen) atoms. The van der Waals surface area contributed by atoms with Gasteiger partial charge >= 0.3 is 0 Å². The molecule has 0 radical (unpaired) electrons. The highest BCUT2D eigenvalue weighted by Gasteiger charge is 2.16. The molecule has 0 aliphatic heterocycles. The van der Waals surface area contributed by atoms with Gasteiger partial charge in [-0.3, -0.25) is 4.79 Å². The smallest absolute Gasteiger partial charge is 0.165 e. The molecule has 1 unspecified atom stereocenters. The van der Waals surface area contributed by atoms with Crippen LogP contribution in [-0.4, -0.2) is 12.3 Å². The lowest BCUT2D eigenvalue weighted by molar-refractivity contribution is 0.0965. The second-order valence-electron chi connectivity index (χ2n) is 5.02. The third kappa shape index (κ3) is 4.22. The average molecular weight is 251 g/mol. The Labute approximate surface area is 108 Å². The van der Waals surface area contributed by atoms with E-state index in [-0.39, 0.29) is 11.3 Å². The van der Waals surface area contributed by atoms with Crippen molar-refractivity contribution in [1.82, 2.24) is 0 Å². The molecule has 0 aliphatic carbocycles. The van der Waals surface area contributed by atoms with E-state index >= 15 is 0 Å². The first-order chi connectivity index (χ1) is 8.56. The molecule has 0 saturated carbocycles. The molecule has 2 N–H and O–H groups in total. The summed E-state index contributed by atoms with van der Waals surface area (Å²) in [6.07, 6.45) is 2.09. The van der Waals surface area contributed by atoms with Crippen molar-refractivity contribution < 1.29 is 9.18 Å². The normalized spacial score (nSPS) is 12.7. The number of hydrogen-bond acceptors (Lipinski definition) is 2. The number of nitrogens with two attached hydrogens (primary N) is 1. The third-order valence-electron chi connectivity index (χ3n) is 3.40. The fourth-order valence-corrected chi connectivity index (χ4v) is 2.16. The van der Waals surface area contributed by atoms with Crippen molar-refractivity contribution in [3.8, 4) is 0 Å². The largest absolute Gasteiger partial charge is 0.330 e. The summed E-state index contributed by atoms with van der Waals surface area (Å²) in [6.45, 7) is 4.90. The van der Waals surface area contributed by atoms with Crippen LogP contribution >= 0.6 is 0 Å². The monoisotopic (exact) mass is 251 g/mol. The van der Waals surface area contributed by atoms with E-state index in [1.807, 2.05) is 0 Å². The highest BCUT2D eigenvalue weighted by Crippen LogP contribution is 2.22. The van der Waals surface area contributed by atoms with Crippen LogP contribution in [-0.2, 0) is 0 Å². The molecule has 1 aromatic carbocycles. The lowest BCUT2D eigenvalue weighted by atomic mass is 9.87. The fourth-order valence-electron chi connectivity index (χ4n) is 2.16. The highest BCUT2D eigenvalue weighted by atomic mass is 19.1. The number of hydrogen-bond donors (Lipinski definition) is 1. The van der Waals surface area contributed by atoms with Gasteiger partial charge in [0.2, 0.25) is 0 Å². The average Bonchev–Trinajstić information content (AvgIpc) is 2.34. The van der Waals surface area contributed by atoms with Crippen LogP contribution in [0.4, 0.5) is 4.39 Å². The predicted octanol–water partition coefficient (Wildman–Crippen LogP) is 3.41. The Hall–Kier alpha value is -1.22. The molecule has 1 rings (SSSR count). The van der Waals surface area contributed by atoms with Crippen LogP contribution in [0.1, 0.15) is 43.5 Å². The van der Waals surface area contributed by atoms with Crippen molar-refractivity contribution in [2.75, 3.05) is 6.54 Å². The van der Waals surface area contributed by atoms with Gasteiger partial charge in [0.15, 0.2) is 5.78 Å². The highest BCUT2D eigenvalue weighted by molar-refractivity contribution is 5.96. The van der Waals surface area contributed by atoms with Gasteiger partial charge in [-0.25, -0.2) is 4.39 Å². The molecule has 1 aromatic rings. The third-order valence-corrected chi connectivity index (χ3v) is 3.40. The van der Waals surface area contributed by atoms with E-state index in [0.29, 0.717) is 24.8 Å². The van der Waals surface area contributed by atoms with Gasteiger partial charge in [-0.1, -0.05) is 26.0 Å². The van der Waals surface area contributed by atoms with E-state index < -0.39 is 5.82 Å². The zero-order valence-electron chi connectivity index (χ0n) is 11.2. The van der Waals surface area contributed by atoms with E-state index in [1.54, 1.807) is 18.2 Å². The Morgan fingerprint density at radius 2 is 1.94 bits per heavy atom. The zero-order valence-corrected chi connectivity index (χ0v) is 11.2. The number of rotatable bonds is 7. The number of halogens is 1. The van der Waals surface area contributed by atoms with E-state index in [9.17, 15) is 9.18 Å². The minimum Gasteiger partial charge on any atom is -0.330 e. The van der Waals surface area contributed by atoms with Gasteiger partial charge in [0.05, 0.1) is 5.56 Å². The van der Waals surface area contributed by atoms with E-state index in [1.165, 1.54) is 6.07 Å². The molecule has 0 amide bonds. The van der Waals surface area contributed by atoms with Crippen LogP contribution in [0.25, 0.3) is 0 Å². The van der Waals surface area contributed by atoms with Crippen molar-refractivity contribution in [3.63, 3.8) is 0 Å². The molecule has 0 aromatic heterocycles. The topological polar surface area (TPSA) is 43.1 Å². The summed E-state index contributed by atoms with van der Waals surface area (Å²) in [5.41, 5.74) is 5.77. The first-order valence-electron chi connectivity index (χ1n) is 6.54. The molecule has 3 heteroatoms. The van der Waals surface area contributed by atoms with Gasteiger partial charge in [0.1, 0.15) is 5.82 Å².